The zero-order chi connectivity index (χ0) is 14.8. The van der Waals surface area contributed by atoms with Crippen LogP contribution in [0.1, 0.15) is 42.7 Å². The van der Waals surface area contributed by atoms with E-state index in [4.69, 9.17) is 5.11 Å². The Hall–Kier alpha value is -1.78. The summed E-state index contributed by atoms with van der Waals surface area (Å²) in [5.41, 5.74) is 0.0150. The summed E-state index contributed by atoms with van der Waals surface area (Å²) in [4.78, 5) is 11.1. The molecular weight excluding hydrogens is 280 g/mol. The van der Waals surface area contributed by atoms with E-state index in [-0.39, 0.29) is 23.2 Å². The van der Waals surface area contributed by atoms with Crippen molar-refractivity contribution in [1.29, 1.82) is 0 Å². The van der Waals surface area contributed by atoms with Gasteiger partial charge in [0.1, 0.15) is 10.6 Å². The number of carbonyl (C=O) groups is 1. The van der Waals surface area contributed by atoms with Gasteiger partial charge in [-0.05, 0) is 25.8 Å². The Kier molecular flexibility index (Phi) is 4.16. The Bertz CT molecular complexity index is 675. The highest BCUT2D eigenvalue weighted by molar-refractivity contribution is 7.89. The van der Waals surface area contributed by atoms with E-state index in [1.54, 1.807) is 6.92 Å². The van der Waals surface area contributed by atoms with Crippen LogP contribution in [0.15, 0.2) is 17.2 Å². The lowest BCUT2D eigenvalue weighted by Crippen LogP contribution is -2.24. The van der Waals surface area contributed by atoms with E-state index in [0.717, 1.165) is 12.8 Å². The summed E-state index contributed by atoms with van der Waals surface area (Å²) in [7, 11) is -3.68. The van der Waals surface area contributed by atoms with Gasteiger partial charge in [-0.2, -0.15) is 0 Å². The summed E-state index contributed by atoms with van der Waals surface area (Å²) in [6.07, 6.45) is 3.59. The average molecular weight is 296 g/mol. The summed E-state index contributed by atoms with van der Waals surface area (Å²) >= 11 is 0. The summed E-state index contributed by atoms with van der Waals surface area (Å²) in [6, 6.07) is 1.31. The predicted octanol–water partition coefficient (Wildman–Crippen LogP) is 1.21. The second kappa shape index (κ2) is 5.69. The average Bonchev–Trinajstić information content (AvgIpc) is 3.12. The van der Waals surface area contributed by atoms with Crippen LogP contribution in [0.25, 0.3) is 0 Å². The van der Waals surface area contributed by atoms with E-state index in [1.807, 2.05) is 0 Å². The molecule has 1 aromatic rings. The number of carboxylic acids is 1. The van der Waals surface area contributed by atoms with Crippen molar-refractivity contribution >= 4 is 16.0 Å². The van der Waals surface area contributed by atoms with Crippen molar-refractivity contribution in [3.8, 4) is 11.8 Å². The molecule has 0 radical (unpaired) electrons. The highest BCUT2D eigenvalue weighted by Gasteiger charge is 2.30. The van der Waals surface area contributed by atoms with Gasteiger partial charge in [0.25, 0.3) is 0 Å². The lowest BCUT2D eigenvalue weighted by molar-refractivity contribution is 0.0685. The largest absolute Gasteiger partial charge is 0.477 e. The van der Waals surface area contributed by atoms with Gasteiger partial charge in [0.05, 0.1) is 0 Å². The van der Waals surface area contributed by atoms with Gasteiger partial charge in [-0.25, -0.2) is 17.9 Å². The molecule has 0 unspecified atom stereocenters. The Morgan fingerprint density at radius 2 is 2.25 bits per heavy atom. The summed E-state index contributed by atoms with van der Waals surface area (Å²) in [6.45, 7) is 1.89. The number of aromatic nitrogens is 1. The fourth-order valence-electron chi connectivity index (χ4n) is 1.88. The Morgan fingerprint density at radius 3 is 2.80 bits per heavy atom. The van der Waals surface area contributed by atoms with Crippen molar-refractivity contribution in [3.05, 3.63) is 18.0 Å². The first-order chi connectivity index (χ1) is 9.45. The van der Waals surface area contributed by atoms with Crippen LogP contribution >= 0.6 is 0 Å². The fourth-order valence-corrected chi connectivity index (χ4v) is 2.94. The second-order valence-corrected chi connectivity index (χ2v) is 6.35. The second-order valence-electron chi connectivity index (χ2n) is 4.58. The van der Waals surface area contributed by atoms with E-state index < -0.39 is 16.0 Å². The van der Waals surface area contributed by atoms with Crippen molar-refractivity contribution < 1.29 is 18.3 Å². The third-order valence-electron chi connectivity index (χ3n) is 3.01. The molecule has 1 aliphatic carbocycles. The molecule has 1 heterocycles. The number of rotatable bonds is 6. The monoisotopic (exact) mass is 296 g/mol. The van der Waals surface area contributed by atoms with Gasteiger partial charge in [-0.15, -0.1) is 11.8 Å². The van der Waals surface area contributed by atoms with Crippen LogP contribution in [-0.2, 0) is 10.0 Å². The third kappa shape index (κ3) is 3.21. The minimum absolute atomic E-state index is 0.00809. The molecule has 1 fully saturated rings. The molecule has 6 nitrogen and oxygen atoms in total. The zero-order valence-electron chi connectivity index (χ0n) is 11.1. The van der Waals surface area contributed by atoms with Crippen LogP contribution in [0.4, 0.5) is 0 Å². The lowest BCUT2D eigenvalue weighted by atomic mass is 10.4. The van der Waals surface area contributed by atoms with Gasteiger partial charge >= 0.3 is 5.97 Å². The standard InChI is InChI=1S/C13H16N2O4S/c1-2-3-4-7-14-20(18,19)11-8-12(13(16)17)15(9-11)10-5-6-10/h8-10,14H,4-7H2,1H3,(H,16,17). The molecule has 1 saturated carbocycles. The normalized spacial score (nSPS) is 14.7. The Labute approximate surface area is 117 Å². The van der Waals surface area contributed by atoms with Crippen molar-refractivity contribution in [2.45, 2.75) is 37.1 Å². The molecule has 108 valence electrons. The van der Waals surface area contributed by atoms with Gasteiger partial charge in [0.2, 0.25) is 10.0 Å². The van der Waals surface area contributed by atoms with Crippen LogP contribution < -0.4 is 4.72 Å². The van der Waals surface area contributed by atoms with Gasteiger partial charge in [-0.3, -0.25) is 0 Å². The van der Waals surface area contributed by atoms with E-state index in [0.29, 0.717) is 6.42 Å². The third-order valence-corrected chi connectivity index (χ3v) is 4.44. The van der Waals surface area contributed by atoms with Gasteiger partial charge in [0, 0.05) is 25.2 Å². The first kappa shape index (κ1) is 14.6. The first-order valence-corrected chi connectivity index (χ1v) is 7.78. The number of nitrogens with zero attached hydrogens (tertiary/aromatic N) is 1. The number of hydrogen-bond acceptors (Lipinski definition) is 3. The highest BCUT2D eigenvalue weighted by atomic mass is 32.2. The molecule has 0 atom stereocenters. The Morgan fingerprint density at radius 1 is 1.55 bits per heavy atom. The SMILES string of the molecule is CC#CCCNS(=O)(=O)c1cc(C(=O)O)n(C2CC2)c1. The van der Waals surface area contributed by atoms with Crippen molar-refractivity contribution in [2.75, 3.05) is 6.54 Å². The number of aromatic carboxylic acids is 1. The van der Waals surface area contributed by atoms with Gasteiger partial charge in [-0.1, -0.05) is 0 Å². The highest BCUT2D eigenvalue weighted by Crippen LogP contribution is 2.37. The quantitative estimate of drug-likeness (QED) is 0.610. The van der Waals surface area contributed by atoms with Crippen LogP contribution in [-0.4, -0.2) is 30.6 Å². The van der Waals surface area contributed by atoms with Crippen molar-refractivity contribution in [3.63, 3.8) is 0 Å². The molecule has 0 aliphatic heterocycles. The maximum Gasteiger partial charge on any atom is 0.352 e. The maximum absolute atomic E-state index is 12.1. The molecule has 0 amide bonds. The molecule has 1 aliphatic rings. The van der Waals surface area contributed by atoms with Crippen LogP contribution in [0.5, 0.6) is 0 Å². The van der Waals surface area contributed by atoms with Gasteiger partial charge < -0.3 is 9.67 Å². The van der Waals surface area contributed by atoms with E-state index in [2.05, 4.69) is 16.6 Å². The summed E-state index contributed by atoms with van der Waals surface area (Å²) in [5.74, 6) is 4.32. The predicted molar refractivity (Wildman–Crippen MR) is 72.9 cm³/mol. The minimum atomic E-state index is -3.68. The number of sulfonamides is 1. The van der Waals surface area contributed by atoms with E-state index in [9.17, 15) is 13.2 Å². The molecule has 0 bridgehead atoms. The molecule has 0 saturated heterocycles. The Balaban J connectivity index is 2.20. The maximum atomic E-state index is 12.1. The number of nitrogens with one attached hydrogen (secondary N) is 1. The van der Waals surface area contributed by atoms with Crippen LogP contribution in [0, 0.1) is 11.8 Å². The number of carboxylic acid groups (broad SMARTS) is 1. The molecule has 0 aromatic carbocycles. The first-order valence-electron chi connectivity index (χ1n) is 6.30. The molecule has 2 N–H and O–H groups in total. The molecule has 20 heavy (non-hydrogen) atoms. The number of hydrogen-bond donors (Lipinski definition) is 2. The smallest absolute Gasteiger partial charge is 0.352 e. The minimum Gasteiger partial charge on any atom is -0.477 e. The van der Waals surface area contributed by atoms with E-state index >= 15 is 0 Å². The van der Waals surface area contributed by atoms with Crippen LogP contribution in [0.3, 0.4) is 0 Å². The van der Waals surface area contributed by atoms with E-state index in [1.165, 1.54) is 16.8 Å². The zero-order valence-corrected chi connectivity index (χ0v) is 11.9. The van der Waals surface area contributed by atoms with Gasteiger partial charge in [0.15, 0.2) is 0 Å². The molecule has 0 spiro atoms. The molecule has 2 rings (SSSR count). The fraction of sp³-hybridized carbons (Fsp3) is 0.462. The summed E-state index contributed by atoms with van der Waals surface area (Å²) < 4.78 is 28.1. The van der Waals surface area contributed by atoms with Crippen LogP contribution in [0.2, 0.25) is 0 Å². The topological polar surface area (TPSA) is 88.4 Å². The summed E-state index contributed by atoms with van der Waals surface area (Å²) in [5, 5.41) is 9.11. The molecular formula is C13H16N2O4S. The van der Waals surface area contributed by atoms with Crippen molar-refractivity contribution in [2.24, 2.45) is 0 Å². The molecule has 7 heteroatoms. The van der Waals surface area contributed by atoms with Crippen molar-refractivity contribution in [1.82, 2.24) is 9.29 Å². The lowest BCUT2D eigenvalue weighted by Gasteiger charge is -2.03. The molecule has 1 aromatic heterocycles.